The number of carbonyl (C=O) groups is 3. The molecular weight excluding hydrogens is 384 g/mol. The van der Waals surface area contributed by atoms with Crippen molar-refractivity contribution < 1.29 is 19.5 Å². The summed E-state index contributed by atoms with van der Waals surface area (Å²) in [6.07, 6.45) is 0.607. The maximum Gasteiger partial charge on any atom is 0.324 e. The number of pyridine rings is 1. The van der Waals surface area contributed by atoms with Gasteiger partial charge in [0.05, 0.1) is 11.6 Å². The molecule has 30 heavy (non-hydrogen) atoms. The number of nitrogens with zero attached hydrogens (tertiary/aromatic N) is 2. The van der Waals surface area contributed by atoms with Crippen molar-refractivity contribution in [3.05, 3.63) is 59.7 Å². The SMILES string of the molecule is O=C1CCN2C(=O)c3cccc(NC(=O)Nc4cc(O)c5ccccc5n4)c3C2C1. The maximum atomic E-state index is 12.7. The molecule has 3 N–H and O–H groups in total. The van der Waals surface area contributed by atoms with Crippen molar-refractivity contribution in [3.63, 3.8) is 0 Å². The number of hydrogen-bond donors (Lipinski definition) is 3. The molecule has 1 aromatic heterocycles. The molecule has 1 saturated heterocycles. The highest BCUT2D eigenvalue weighted by Gasteiger charge is 2.41. The van der Waals surface area contributed by atoms with E-state index in [4.69, 9.17) is 0 Å². The molecule has 0 saturated carbocycles. The predicted octanol–water partition coefficient (Wildman–Crippen LogP) is 3.44. The summed E-state index contributed by atoms with van der Waals surface area (Å²) >= 11 is 0. The second-order valence-corrected chi connectivity index (χ2v) is 7.40. The molecule has 3 aromatic rings. The van der Waals surface area contributed by atoms with Crippen LogP contribution in [0, 0.1) is 0 Å². The smallest absolute Gasteiger partial charge is 0.324 e. The van der Waals surface area contributed by atoms with Crippen LogP contribution >= 0.6 is 0 Å². The first-order chi connectivity index (χ1) is 14.5. The highest BCUT2D eigenvalue weighted by atomic mass is 16.3. The van der Waals surface area contributed by atoms with Crippen LogP contribution in [-0.4, -0.2) is 39.3 Å². The Morgan fingerprint density at radius 2 is 1.93 bits per heavy atom. The van der Waals surface area contributed by atoms with Crippen LogP contribution in [0.5, 0.6) is 5.75 Å². The lowest BCUT2D eigenvalue weighted by atomic mass is 9.95. The number of Topliss-reactive ketones (excluding diaryl/α,β-unsaturated/α-hetero) is 1. The average Bonchev–Trinajstić information content (AvgIpc) is 3.00. The van der Waals surface area contributed by atoms with Crippen LogP contribution in [0.3, 0.4) is 0 Å². The van der Waals surface area contributed by atoms with Crippen LogP contribution in [-0.2, 0) is 4.79 Å². The monoisotopic (exact) mass is 402 g/mol. The number of carbonyl (C=O) groups excluding carboxylic acids is 3. The number of para-hydroxylation sites is 1. The van der Waals surface area contributed by atoms with E-state index >= 15 is 0 Å². The Labute approximate surface area is 171 Å². The average molecular weight is 402 g/mol. The Hall–Kier alpha value is -3.94. The molecule has 3 amide bonds. The number of piperidine rings is 1. The van der Waals surface area contributed by atoms with Gasteiger partial charge in [-0.25, -0.2) is 9.78 Å². The Morgan fingerprint density at radius 3 is 2.80 bits per heavy atom. The maximum absolute atomic E-state index is 12.7. The number of aromatic hydroxyl groups is 1. The van der Waals surface area contributed by atoms with Crippen molar-refractivity contribution >= 4 is 40.1 Å². The van der Waals surface area contributed by atoms with E-state index in [1.165, 1.54) is 6.07 Å². The Morgan fingerprint density at radius 1 is 1.10 bits per heavy atom. The fraction of sp³-hybridized carbons (Fsp3) is 0.182. The van der Waals surface area contributed by atoms with Crippen LogP contribution in [0.4, 0.5) is 16.3 Å². The molecule has 0 spiro atoms. The molecule has 8 heteroatoms. The first kappa shape index (κ1) is 18.1. The number of hydrogen-bond acceptors (Lipinski definition) is 5. The normalized spacial score (nSPS) is 17.6. The van der Waals surface area contributed by atoms with Crippen molar-refractivity contribution in [2.24, 2.45) is 0 Å². The van der Waals surface area contributed by atoms with Crippen molar-refractivity contribution in [2.45, 2.75) is 18.9 Å². The number of anilines is 2. The highest BCUT2D eigenvalue weighted by molar-refractivity contribution is 6.06. The molecule has 2 aliphatic rings. The third-order valence-corrected chi connectivity index (χ3v) is 5.54. The van der Waals surface area contributed by atoms with Gasteiger partial charge in [-0.15, -0.1) is 0 Å². The molecule has 150 valence electrons. The van der Waals surface area contributed by atoms with Gasteiger partial charge in [0.25, 0.3) is 5.91 Å². The van der Waals surface area contributed by atoms with E-state index in [2.05, 4.69) is 15.6 Å². The Kier molecular flexibility index (Phi) is 4.13. The number of amides is 3. The van der Waals surface area contributed by atoms with Gasteiger partial charge < -0.3 is 15.3 Å². The fourth-order valence-electron chi connectivity index (χ4n) is 4.20. The van der Waals surface area contributed by atoms with Crippen molar-refractivity contribution in [1.29, 1.82) is 0 Å². The molecule has 8 nitrogen and oxygen atoms in total. The lowest BCUT2D eigenvalue weighted by molar-refractivity contribution is -0.122. The quantitative estimate of drug-likeness (QED) is 0.608. The number of rotatable bonds is 2. The van der Waals surface area contributed by atoms with E-state index in [-0.39, 0.29) is 35.7 Å². The number of ketones is 1. The van der Waals surface area contributed by atoms with Gasteiger partial charge in [-0.1, -0.05) is 18.2 Å². The minimum Gasteiger partial charge on any atom is -0.507 e. The predicted molar refractivity (Wildman–Crippen MR) is 111 cm³/mol. The van der Waals surface area contributed by atoms with Gasteiger partial charge in [0.2, 0.25) is 0 Å². The summed E-state index contributed by atoms with van der Waals surface area (Å²) in [5.41, 5.74) is 2.20. The van der Waals surface area contributed by atoms with E-state index in [1.807, 2.05) is 0 Å². The van der Waals surface area contributed by atoms with Crippen LogP contribution in [0.2, 0.25) is 0 Å². The molecule has 2 aromatic carbocycles. The van der Waals surface area contributed by atoms with Gasteiger partial charge in [-0.2, -0.15) is 0 Å². The second-order valence-electron chi connectivity index (χ2n) is 7.40. The number of urea groups is 1. The molecule has 0 radical (unpaired) electrons. The number of benzene rings is 2. The molecule has 1 atom stereocenters. The highest BCUT2D eigenvalue weighted by Crippen LogP contribution is 2.42. The van der Waals surface area contributed by atoms with Crippen molar-refractivity contribution in [1.82, 2.24) is 9.88 Å². The third kappa shape index (κ3) is 2.93. The molecule has 1 unspecified atom stereocenters. The van der Waals surface area contributed by atoms with Crippen LogP contribution < -0.4 is 10.6 Å². The first-order valence-corrected chi connectivity index (χ1v) is 9.63. The van der Waals surface area contributed by atoms with Gasteiger partial charge in [0.1, 0.15) is 17.4 Å². The van der Waals surface area contributed by atoms with Crippen LogP contribution in [0.1, 0.15) is 34.8 Å². The van der Waals surface area contributed by atoms with Crippen molar-refractivity contribution in [3.8, 4) is 5.75 Å². The zero-order valence-electron chi connectivity index (χ0n) is 15.9. The lowest BCUT2D eigenvalue weighted by Crippen LogP contribution is -2.36. The molecule has 1 fully saturated rings. The largest absolute Gasteiger partial charge is 0.507 e. The molecule has 5 rings (SSSR count). The summed E-state index contributed by atoms with van der Waals surface area (Å²) in [4.78, 5) is 43.3. The van der Waals surface area contributed by atoms with Crippen LogP contribution in [0.15, 0.2) is 48.5 Å². The fourth-order valence-corrected chi connectivity index (χ4v) is 4.20. The summed E-state index contributed by atoms with van der Waals surface area (Å²) in [6, 6.07) is 12.7. The number of aromatic nitrogens is 1. The standard InChI is InChI=1S/C22H18N4O4/c27-12-8-9-26-17(10-12)20-14(21(26)29)5-3-7-16(20)24-22(30)25-19-11-18(28)13-4-1-2-6-15(13)23-19/h1-7,11,17H,8-10H2,(H3,23,24,25,28,30). The van der Waals surface area contributed by atoms with Crippen molar-refractivity contribution in [2.75, 3.05) is 17.2 Å². The topological polar surface area (TPSA) is 112 Å². The van der Waals surface area contributed by atoms with E-state index in [0.717, 1.165) is 0 Å². The first-order valence-electron chi connectivity index (χ1n) is 9.63. The van der Waals surface area contributed by atoms with E-state index in [1.54, 1.807) is 47.4 Å². The van der Waals surface area contributed by atoms with E-state index in [0.29, 0.717) is 40.7 Å². The number of fused-ring (bicyclic) bond motifs is 4. The van der Waals surface area contributed by atoms with Crippen LogP contribution in [0.25, 0.3) is 10.9 Å². The molecule has 3 heterocycles. The molecule has 2 aliphatic heterocycles. The molecule has 0 bridgehead atoms. The van der Waals surface area contributed by atoms with Gasteiger partial charge in [-0.3, -0.25) is 14.9 Å². The van der Waals surface area contributed by atoms with Gasteiger partial charge in [0, 0.05) is 47.7 Å². The third-order valence-electron chi connectivity index (χ3n) is 5.54. The van der Waals surface area contributed by atoms with Gasteiger partial charge in [-0.05, 0) is 24.3 Å². The molecule has 0 aliphatic carbocycles. The van der Waals surface area contributed by atoms with E-state index in [9.17, 15) is 19.5 Å². The Bertz CT molecular complexity index is 1220. The van der Waals surface area contributed by atoms with Gasteiger partial charge >= 0.3 is 6.03 Å². The zero-order chi connectivity index (χ0) is 20.8. The zero-order valence-corrected chi connectivity index (χ0v) is 15.9. The summed E-state index contributed by atoms with van der Waals surface area (Å²) < 4.78 is 0. The minimum atomic E-state index is -0.557. The minimum absolute atomic E-state index is 0.0125. The number of nitrogens with one attached hydrogen (secondary N) is 2. The summed E-state index contributed by atoms with van der Waals surface area (Å²) in [5, 5.41) is 16.2. The second kappa shape index (κ2) is 6.84. The summed E-state index contributed by atoms with van der Waals surface area (Å²) in [5.74, 6) is 0.194. The lowest BCUT2D eigenvalue weighted by Gasteiger charge is -2.29. The summed E-state index contributed by atoms with van der Waals surface area (Å²) in [7, 11) is 0. The Balaban J connectivity index is 1.42. The van der Waals surface area contributed by atoms with Gasteiger partial charge in [0.15, 0.2) is 0 Å². The summed E-state index contributed by atoms with van der Waals surface area (Å²) in [6.45, 7) is 0.392. The molecular formula is C22H18N4O4. The van der Waals surface area contributed by atoms with E-state index < -0.39 is 6.03 Å².